The number of ether oxygens (including phenoxy) is 1. The molecular formula is C15H19N3O2. The lowest BCUT2D eigenvalue weighted by atomic mass is 9.73. The van der Waals surface area contributed by atoms with Crippen LogP contribution in [0, 0.1) is 0 Å². The number of aromatic nitrogens is 3. The third kappa shape index (κ3) is 2.07. The van der Waals surface area contributed by atoms with Crippen molar-refractivity contribution < 1.29 is 9.53 Å². The molecule has 0 unspecified atom stereocenters. The Morgan fingerprint density at radius 1 is 1.40 bits per heavy atom. The minimum absolute atomic E-state index is 0.147. The molecule has 0 spiro atoms. The van der Waals surface area contributed by atoms with Crippen LogP contribution in [0.5, 0.6) is 0 Å². The predicted molar refractivity (Wildman–Crippen MR) is 75.3 cm³/mol. The van der Waals surface area contributed by atoms with Crippen LogP contribution in [0.2, 0.25) is 0 Å². The molecule has 20 heavy (non-hydrogen) atoms. The lowest BCUT2D eigenvalue weighted by Crippen LogP contribution is -2.40. The van der Waals surface area contributed by atoms with Gasteiger partial charge in [0.2, 0.25) is 0 Å². The number of hydrogen-bond acceptors (Lipinski definition) is 4. The first-order valence-electron chi connectivity index (χ1n) is 7.24. The summed E-state index contributed by atoms with van der Waals surface area (Å²) in [6.45, 7) is 2.25. The zero-order valence-electron chi connectivity index (χ0n) is 11.7. The molecule has 2 aromatic rings. The lowest BCUT2D eigenvalue weighted by Gasteiger charge is -2.32. The summed E-state index contributed by atoms with van der Waals surface area (Å²) >= 11 is 0. The Morgan fingerprint density at radius 2 is 2.20 bits per heavy atom. The zero-order chi connectivity index (χ0) is 14.0. The molecule has 1 aliphatic rings. The molecule has 0 aliphatic heterocycles. The highest BCUT2D eigenvalue weighted by Crippen LogP contribution is 2.39. The van der Waals surface area contributed by atoms with E-state index < -0.39 is 5.41 Å². The summed E-state index contributed by atoms with van der Waals surface area (Å²) in [5, 5.41) is 0. The Morgan fingerprint density at radius 3 is 2.90 bits per heavy atom. The molecule has 1 N–H and O–H groups in total. The normalized spacial score (nSPS) is 18.1. The van der Waals surface area contributed by atoms with Gasteiger partial charge in [0, 0.05) is 6.20 Å². The summed E-state index contributed by atoms with van der Waals surface area (Å²) in [4.78, 5) is 24.5. The van der Waals surface area contributed by atoms with Crippen LogP contribution in [0.4, 0.5) is 0 Å². The topological polar surface area (TPSA) is 67.9 Å². The van der Waals surface area contributed by atoms with Crippen molar-refractivity contribution in [3.8, 4) is 0 Å². The van der Waals surface area contributed by atoms with Crippen LogP contribution in [0.1, 0.15) is 44.9 Å². The van der Waals surface area contributed by atoms with Crippen molar-refractivity contribution in [1.82, 2.24) is 15.0 Å². The number of H-pyrrole nitrogens is 1. The fourth-order valence-electron chi connectivity index (χ4n) is 3.05. The number of nitrogens with one attached hydrogen (secondary N) is 1. The minimum Gasteiger partial charge on any atom is -0.465 e. The second-order valence-electron chi connectivity index (χ2n) is 5.34. The quantitative estimate of drug-likeness (QED) is 0.873. The van der Waals surface area contributed by atoms with Crippen molar-refractivity contribution >= 4 is 17.0 Å². The molecule has 0 aromatic carbocycles. The summed E-state index contributed by atoms with van der Waals surface area (Å²) in [6.07, 6.45) is 8.31. The highest BCUT2D eigenvalue weighted by molar-refractivity contribution is 5.84. The van der Waals surface area contributed by atoms with Gasteiger partial charge in [-0.05, 0) is 25.8 Å². The van der Waals surface area contributed by atoms with Gasteiger partial charge < -0.3 is 9.72 Å². The second-order valence-corrected chi connectivity index (χ2v) is 5.34. The van der Waals surface area contributed by atoms with E-state index in [1.165, 1.54) is 6.42 Å². The van der Waals surface area contributed by atoms with Crippen LogP contribution in [-0.2, 0) is 14.9 Å². The average Bonchev–Trinajstić information content (AvgIpc) is 2.92. The SMILES string of the molecule is CCOC(=O)C1(c2nc3ccncc3[nH]2)CCCCC1. The van der Waals surface area contributed by atoms with Crippen molar-refractivity contribution in [1.29, 1.82) is 0 Å². The van der Waals surface area contributed by atoms with Gasteiger partial charge in [-0.2, -0.15) is 0 Å². The average molecular weight is 273 g/mol. The van der Waals surface area contributed by atoms with E-state index in [9.17, 15) is 4.79 Å². The molecule has 0 bridgehead atoms. The van der Waals surface area contributed by atoms with Crippen LogP contribution in [-0.4, -0.2) is 27.5 Å². The highest BCUT2D eigenvalue weighted by Gasteiger charge is 2.45. The van der Waals surface area contributed by atoms with E-state index in [2.05, 4.69) is 15.0 Å². The monoisotopic (exact) mass is 273 g/mol. The van der Waals surface area contributed by atoms with E-state index in [0.29, 0.717) is 6.61 Å². The number of nitrogens with zero attached hydrogens (tertiary/aromatic N) is 2. The molecule has 2 aromatic heterocycles. The van der Waals surface area contributed by atoms with E-state index in [1.807, 2.05) is 13.0 Å². The minimum atomic E-state index is -0.604. The fraction of sp³-hybridized carbons (Fsp3) is 0.533. The molecule has 1 saturated carbocycles. The first-order chi connectivity index (χ1) is 9.76. The van der Waals surface area contributed by atoms with Gasteiger partial charge in [0.1, 0.15) is 11.2 Å². The third-order valence-electron chi connectivity index (χ3n) is 4.11. The van der Waals surface area contributed by atoms with Crippen molar-refractivity contribution in [3.63, 3.8) is 0 Å². The molecule has 3 rings (SSSR count). The number of carbonyl (C=O) groups excluding carboxylic acids is 1. The molecule has 0 saturated heterocycles. The molecular weight excluding hydrogens is 254 g/mol. The molecule has 2 heterocycles. The Labute approximate surface area is 117 Å². The second kappa shape index (κ2) is 5.23. The summed E-state index contributed by atoms with van der Waals surface area (Å²) in [7, 11) is 0. The number of esters is 1. The standard InChI is InChI=1S/C15H19N3O2/c1-2-20-14(19)15(7-4-3-5-8-15)13-17-11-6-9-16-10-12(11)18-13/h6,9-10H,2-5,7-8H2,1H3,(H,17,18). The van der Waals surface area contributed by atoms with Gasteiger partial charge in [-0.1, -0.05) is 19.3 Å². The van der Waals surface area contributed by atoms with E-state index in [0.717, 1.165) is 42.5 Å². The lowest BCUT2D eigenvalue weighted by molar-refractivity contribution is -0.152. The van der Waals surface area contributed by atoms with E-state index in [1.54, 1.807) is 12.4 Å². The van der Waals surface area contributed by atoms with E-state index >= 15 is 0 Å². The van der Waals surface area contributed by atoms with Crippen LogP contribution in [0.3, 0.4) is 0 Å². The maximum atomic E-state index is 12.5. The Kier molecular flexibility index (Phi) is 3.42. The van der Waals surface area contributed by atoms with Crippen molar-refractivity contribution in [2.24, 2.45) is 0 Å². The Balaban J connectivity index is 2.06. The van der Waals surface area contributed by atoms with Crippen LogP contribution < -0.4 is 0 Å². The van der Waals surface area contributed by atoms with Gasteiger partial charge in [0.15, 0.2) is 0 Å². The smallest absolute Gasteiger partial charge is 0.319 e. The molecule has 0 radical (unpaired) electrons. The fourth-order valence-corrected chi connectivity index (χ4v) is 3.05. The predicted octanol–water partition coefficient (Wildman–Crippen LogP) is 2.72. The number of pyridine rings is 1. The number of aromatic amines is 1. The summed E-state index contributed by atoms with van der Waals surface area (Å²) in [5.74, 6) is 0.588. The van der Waals surface area contributed by atoms with Gasteiger partial charge in [0.25, 0.3) is 0 Å². The van der Waals surface area contributed by atoms with Crippen molar-refractivity contribution in [3.05, 3.63) is 24.3 Å². The summed E-state index contributed by atoms with van der Waals surface area (Å²) in [6, 6.07) is 1.86. The van der Waals surface area contributed by atoms with Gasteiger partial charge in [-0.3, -0.25) is 9.78 Å². The maximum absolute atomic E-state index is 12.5. The van der Waals surface area contributed by atoms with E-state index in [4.69, 9.17) is 4.74 Å². The van der Waals surface area contributed by atoms with Crippen LogP contribution in [0.15, 0.2) is 18.5 Å². The number of rotatable bonds is 3. The highest BCUT2D eigenvalue weighted by atomic mass is 16.5. The molecule has 1 aliphatic carbocycles. The van der Waals surface area contributed by atoms with Gasteiger partial charge in [0.05, 0.1) is 23.8 Å². The molecule has 106 valence electrons. The largest absolute Gasteiger partial charge is 0.465 e. The summed E-state index contributed by atoms with van der Waals surface area (Å²) in [5.41, 5.74) is 1.12. The summed E-state index contributed by atoms with van der Waals surface area (Å²) < 4.78 is 5.32. The van der Waals surface area contributed by atoms with E-state index in [-0.39, 0.29) is 5.97 Å². The zero-order valence-corrected chi connectivity index (χ0v) is 11.7. The van der Waals surface area contributed by atoms with Crippen LogP contribution >= 0.6 is 0 Å². The number of carbonyl (C=O) groups is 1. The Hall–Kier alpha value is -1.91. The number of hydrogen-bond donors (Lipinski definition) is 1. The molecule has 5 nitrogen and oxygen atoms in total. The first kappa shape index (κ1) is 13.1. The Bertz CT molecular complexity index is 581. The maximum Gasteiger partial charge on any atom is 0.319 e. The molecule has 0 atom stereocenters. The molecule has 0 amide bonds. The van der Waals surface area contributed by atoms with Crippen LogP contribution in [0.25, 0.3) is 11.0 Å². The molecule has 5 heteroatoms. The number of fused-ring (bicyclic) bond motifs is 1. The van der Waals surface area contributed by atoms with Gasteiger partial charge in [-0.15, -0.1) is 0 Å². The van der Waals surface area contributed by atoms with Gasteiger partial charge >= 0.3 is 5.97 Å². The van der Waals surface area contributed by atoms with Gasteiger partial charge in [-0.25, -0.2) is 4.98 Å². The molecule has 1 fully saturated rings. The number of imidazole rings is 1. The van der Waals surface area contributed by atoms with Crippen molar-refractivity contribution in [2.45, 2.75) is 44.4 Å². The van der Waals surface area contributed by atoms with Crippen molar-refractivity contribution in [2.75, 3.05) is 6.61 Å². The first-order valence-corrected chi connectivity index (χ1v) is 7.24. The third-order valence-corrected chi connectivity index (χ3v) is 4.11.